The Morgan fingerprint density at radius 1 is 0.680 bits per heavy atom. The first kappa shape index (κ1) is 49.9. The van der Waals surface area contributed by atoms with E-state index in [9.17, 15) is 19.2 Å². The smallest absolute Gasteiger partial charge is 0.407 e. The molecule has 12 atom stereocenters. The van der Waals surface area contributed by atoms with E-state index in [2.05, 4.69) is 57.0 Å². The Morgan fingerprint density at radius 2 is 1.24 bits per heavy atom. The average Bonchev–Trinajstić information content (AvgIpc) is 4.28. The molecule has 2 aromatic heterocycles. The Bertz CT molecular complexity index is 3030. The molecule has 2 aliphatic carbocycles. The van der Waals surface area contributed by atoms with Crippen molar-refractivity contribution in [3.63, 3.8) is 0 Å². The van der Waals surface area contributed by atoms with Crippen LogP contribution in [-0.2, 0) is 35.1 Å². The Kier molecular flexibility index (Phi) is 13.3. The topological polar surface area (TPSA) is 202 Å². The van der Waals surface area contributed by atoms with Crippen molar-refractivity contribution in [3.8, 4) is 28.1 Å². The number of carbonyl (C=O) groups excluding carboxylic acids is 4. The lowest BCUT2D eigenvalue weighted by Gasteiger charge is -2.39. The highest BCUT2D eigenvalue weighted by Gasteiger charge is 2.53. The first-order valence-electron chi connectivity index (χ1n) is 27.4. The van der Waals surface area contributed by atoms with Crippen molar-refractivity contribution in [2.45, 2.75) is 172 Å². The number of likely N-dealkylation sites (tertiary alicyclic amines) is 2. The van der Waals surface area contributed by atoms with Gasteiger partial charge in [0.25, 0.3) is 0 Å². The van der Waals surface area contributed by atoms with Gasteiger partial charge < -0.3 is 54.1 Å². The molecule has 0 spiro atoms. The third kappa shape index (κ3) is 9.07. The summed E-state index contributed by atoms with van der Waals surface area (Å²) in [4.78, 5) is 77.1. The second-order valence-electron chi connectivity index (χ2n) is 22.8. The van der Waals surface area contributed by atoms with Crippen LogP contribution in [0.1, 0.15) is 134 Å². The van der Waals surface area contributed by atoms with E-state index >= 15 is 0 Å². The third-order valence-electron chi connectivity index (χ3n) is 18.0. The number of imidazole rings is 2. The molecular weight excluding hydrogens is 976 g/mol. The zero-order valence-electron chi connectivity index (χ0n) is 43.7. The molecule has 398 valence electrons. The molecular formula is C57H69ClN8O9. The number of methoxy groups -OCH3 is 2. The number of rotatable bonds is 9. The van der Waals surface area contributed by atoms with Crippen molar-refractivity contribution in [3.05, 3.63) is 64.8 Å². The van der Waals surface area contributed by atoms with Gasteiger partial charge in [0.05, 0.1) is 61.8 Å². The lowest BCUT2D eigenvalue weighted by atomic mass is 9.85. The minimum atomic E-state index is -0.769. The minimum absolute atomic E-state index is 0.0359. The fraction of sp³-hybridized carbons (Fsp3) is 0.579. The maximum Gasteiger partial charge on any atom is 0.407 e. The van der Waals surface area contributed by atoms with Crippen LogP contribution in [0.25, 0.3) is 44.2 Å². The molecule has 0 bridgehead atoms. The highest BCUT2D eigenvalue weighted by Crippen LogP contribution is 2.51. The molecule has 0 radical (unpaired) electrons. The van der Waals surface area contributed by atoms with Crippen molar-refractivity contribution in [2.24, 2.45) is 23.7 Å². The summed E-state index contributed by atoms with van der Waals surface area (Å²) in [5, 5.41) is 8.24. The number of aromatic nitrogens is 4. The van der Waals surface area contributed by atoms with E-state index < -0.39 is 24.3 Å². The molecule has 5 aromatic rings. The summed E-state index contributed by atoms with van der Waals surface area (Å²) < 4.78 is 28.8. The van der Waals surface area contributed by atoms with Gasteiger partial charge in [0, 0.05) is 28.6 Å². The van der Waals surface area contributed by atoms with Gasteiger partial charge in [-0.25, -0.2) is 19.6 Å². The van der Waals surface area contributed by atoms with Crippen LogP contribution in [0.3, 0.4) is 0 Å². The number of H-pyrrole nitrogens is 2. The predicted octanol–water partition coefficient (Wildman–Crippen LogP) is 10.1. The van der Waals surface area contributed by atoms with Crippen molar-refractivity contribution < 1.29 is 42.9 Å². The third-order valence-corrected chi connectivity index (χ3v) is 18.3. The summed E-state index contributed by atoms with van der Waals surface area (Å²) in [6.45, 7) is 8.41. The van der Waals surface area contributed by atoms with Crippen LogP contribution in [0, 0.1) is 23.7 Å². The number of hydrogen-bond donors (Lipinski definition) is 4. The van der Waals surface area contributed by atoms with E-state index in [1.807, 2.05) is 43.6 Å². The number of amides is 4. The van der Waals surface area contributed by atoms with Gasteiger partial charge in [0.1, 0.15) is 46.9 Å². The van der Waals surface area contributed by atoms with Crippen molar-refractivity contribution in [1.29, 1.82) is 0 Å². The molecule has 4 N–H and O–H groups in total. The molecule has 3 aromatic carbocycles. The fourth-order valence-corrected chi connectivity index (χ4v) is 15.2. The van der Waals surface area contributed by atoms with Gasteiger partial charge in [-0.15, -0.1) is 0 Å². The first-order chi connectivity index (χ1) is 36.2. The number of nitrogens with one attached hydrogen (secondary N) is 4. The van der Waals surface area contributed by atoms with Gasteiger partial charge in [-0.3, -0.25) is 9.59 Å². The lowest BCUT2D eigenvalue weighted by Crippen LogP contribution is -2.56. The number of halogens is 1. The van der Waals surface area contributed by atoms with Crippen LogP contribution in [0.5, 0.6) is 5.75 Å². The number of ether oxygens (including phenoxy) is 5. The van der Waals surface area contributed by atoms with E-state index in [4.69, 9.17) is 45.3 Å². The number of benzene rings is 3. The Balaban J connectivity index is 0.820. The van der Waals surface area contributed by atoms with Gasteiger partial charge in [-0.1, -0.05) is 42.6 Å². The van der Waals surface area contributed by atoms with Crippen LogP contribution < -0.4 is 15.4 Å². The number of carbonyl (C=O) groups is 4. The van der Waals surface area contributed by atoms with E-state index in [-0.39, 0.29) is 72.2 Å². The van der Waals surface area contributed by atoms with Crippen LogP contribution in [0.2, 0.25) is 5.15 Å². The van der Waals surface area contributed by atoms with Gasteiger partial charge in [0.2, 0.25) is 11.8 Å². The summed E-state index contributed by atoms with van der Waals surface area (Å²) in [5.41, 5.74) is 6.14. The Hall–Kier alpha value is -5.91. The highest BCUT2D eigenvalue weighted by atomic mass is 35.5. The molecule has 4 amide bonds. The highest BCUT2D eigenvalue weighted by molar-refractivity contribution is 6.32. The zero-order valence-corrected chi connectivity index (χ0v) is 44.4. The standard InChI is InChI=1S/C57H69ClN8O9/c1-27-17-35(18-28(2)74-27)48(62-56(69)71-5)54(67)65-42-11-7-9-32(42)23-44(65)52-59-41-16-14-31-22-40-38-15-13-34(21-37(38)26-73-46(40)25-39(31)50(41)61-52)47-51(58)64-53(60-47)45-24-33-10-8-12-43(33)66(45)55(68)49(63-57(70)72-6)36-19-29(3)75-30(4)20-36/h13-16,21-22,25,27-30,32-33,35-36,42-45,48-49H,7-12,17-20,23-24,26H2,1-6H3,(H,59,61)(H,60,64)(H,62,69)(H,63,70)/t27-,28-,29-,30-,32+,33+,42+,43+,44+,45+,48+,49+/m1/s1. The van der Waals surface area contributed by atoms with Crippen molar-refractivity contribution in [2.75, 3.05) is 14.2 Å². The lowest BCUT2D eigenvalue weighted by molar-refractivity contribution is -0.141. The molecule has 18 heteroatoms. The number of aromatic amines is 2. The average molecular weight is 1050 g/mol. The molecule has 7 heterocycles. The molecule has 0 unspecified atom stereocenters. The molecule has 4 saturated heterocycles. The van der Waals surface area contributed by atoms with Gasteiger partial charge in [-0.05, 0) is 156 Å². The summed E-state index contributed by atoms with van der Waals surface area (Å²) in [7, 11) is 2.66. The Labute approximate surface area is 441 Å². The normalized spacial score (nSPS) is 30.8. The molecule has 75 heavy (non-hydrogen) atoms. The van der Waals surface area contributed by atoms with Crippen molar-refractivity contribution >= 4 is 57.4 Å². The van der Waals surface area contributed by atoms with Crippen molar-refractivity contribution in [1.82, 2.24) is 40.4 Å². The van der Waals surface area contributed by atoms with Gasteiger partial charge >= 0.3 is 12.2 Å². The molecule has 6 fully saturated rings. The molecule has 12 rings (SSSR count). The zero-order chi connectivity index (χ0) is 52.0. The molecule has 2 saturated carbocycles. The molecule has 17 nitrogen and oxygen atoms in total. The quantitative estimate of drug-likeness (QED) is 0.109. The summed E-state index contributed by atoms with van der Waals surface area (Å²) >= 11 is 7.07. The largest absolute Gasteiger partial charge is 0.488 e. The maximum atomic E-state index is 15.0. The van der Waals surface area contributed by atoms with E-state index in [1.165, 1.54) is 14.2 Å². The number of alkyl carbamates (subject to hydrolysis) is 2. The monoisotopic (exact) mass is 1040 g/mol. The van der Waals surface area contributed by atoms with Gasteiger partial charge in [0.15, 0.2) is 0 Å². The van der Waals surface area contributed by atoms with Gasteiger partial charge in [-0.2, -0.15) is 0 Å². The van der Waals surface area contributed by atoms with Crippen LogP contribution >= 0.6 is 11.6 Å². The maximum absolute atomic E-state index is 15.0. The first-order valence-corrected chi connectivity index (χ1v) is 27.7. The summed E-state index contributed by atoms with van der Waals surface area (Å²) in [6, 6.07) is 12.6. The van der Waals surface area contributed by atoms with E-state index in [0.717, 1.165) is 107 Å². The SMILES string of the molecule is COC(=O)N[C@H](C(=O)N1[C@H](c2nc(-c3ccc4c(c3)COc3cc5c(ccc6[nH]c([C@@H]7C[C@@H]8CCC[C@@H]8N7C(=O)[C@@H](NC(=O)OC)C7C[C@@H](C)O[C@H](C)C7)nc65)cc3-4)c(Cl)[nH]2)C[C@@H]2CCC[C@@H]21)C1C[C@@H](C)O[C@H](C)C1. The molecule has 5 aliphatic heterocycles. The minimum Gasteiger partial charge on any atom is -0.488 e. The Morgan fingerprint density at radius 3 is 1.80 bits per heavy atom. The predicted molar refractivity (Wildman–Crippen MR) is 281 cm³/mol. The fourth-order valence-electron chi connectivity index (χ4n) is 14.9. The van der Waals surface area contributed by atoms with Crippen LogP contribution in [-0.4, -0.2) is 117 Å². The van der Waals surface area contributed by atoms with E-state index in [0.29, 0.717) is 60.8 Å². The number of hydrogen-bond acceptors (Lipinski definition) is 11. The van der Waals surface area contributed by atoms with Crippen LogP contribution in [0.15, 0.2) is 42.5 Å². The second kappa shape index (κ2) is 19.9. The number of fused-ring (bicyclic) bond motifs is 8. The summed E-state index contributed by atoms with van der Waals surface area (Å²) in [6.07, 6.45) is 8.76. The second-order valence-corrected chi connectivity index (χ2v) is 23.2. The number of nitrogens with zero attached hydrogens (tertiary/aromatic N) is 4. The molecule has 7 aliphatic rings. The summed E-state index contributed by atoms with van der Waals surface area (Å²) in [5.74, 6) is 2.39. The van der Waals surface area contributed by atoms with E-state index in [1.54, 1.807) is 0 Å². The van der Waals surface area contributed by atoms with Crippen LogP contribution in [0.4, 0.5) is 9.59 Å².